The fraction of sp³-hybridized carbons (Fsp3) is 0. The molecule has 13 heavy (non-hydrogen) atoms. The van der Waals surface area contributed by atoms with E-state index in [0.29, 0.717) is 15.4 Å². The zero-order chi connectivity index (χ0) is 9.26. The van der Waals surface area contributed by atoms with Crippen molar-refractivity contribution in [2.24, 2.45) is 0 Å². The third-order valence-corrected chi connectivity index (χ3v) is 2.76. The molecular formula is C9H5BrClNO. The minimum absolute atomic E-state index is 0.466. The molecule has 0 saturated heterocycles. The number of aromatic nitrogens is 1. The van der Waals surface area contributed by atoms with Crippen LogP contribution in [0, 0.1) is 0 Å². The molecular weight excluding hydrogens is 253 g/mol. The fourth-order valence-electron chi connectivity index (χ4n) is 1.03. The van der Waals surface area contributed by atoms with Crippen LogP contribution in [0.5, 0.6) is 0 Å². The standard InChI is InChI=1S/C9H5BrClNO/c10-9-7(11)8(12-13-9)6-4-2-1-3-5-6/h1-5H. The lowest BCUT2D eigenvalue weighted by molar-refractivity contribution is 0.402. The minimum atomic E-state index is 0.466. The first kappa shape index (κ1) is 8.78. The fourth-order valence-corrected chi connectivity index (χ4v) is 1.47. The quantitative estimate of drug-likeness (QED) is 0.778. The van der Waals surface area contributed by atoms with Gasteiger partial charge in [0.15, 0.2) is 0 Å². The number of hydrogen-bond donors (Lipinski definition) is 0. The van der Waals surface area contributed by atoms with Gasteiger partial charge in [-0.3, -0.25) is 0 Å². The molecule has 2 rings (SSSR count). The molecule has 0 radical (unpaired) electrons. The molecule has 0 saturated carbocycles. The molecule has 0 aliphatic rings. The van der Waals surface area contributed by atoms with Crippen molar-refractivity contribution in [3.05, 3.63) is 40.0 Å². The Morgan fingerprint density at radius 2 is 1.92 bits per heavy atom. The molecule has 0 atom stereocenters. The summed E-state index contributed by atoms with van der Waals surface area (Å²) in [5, 5.41) is 4.34. The van der Waals surface area contributed by atoms with Crippen LogP contribution in [0.2, 0.25) is 5.02 Å². The molecule has 0 amide bonds. The van der Waals surface area contributed by atoms with Crippen LogP contribution < -0.4 is 0 Å². The molecule has 4 heteroatoms. The summed E-state index contributed by atoms with van der Waals surface area (Å²) in [6, 6.07) is 9.64. The maximum Gasteiger partial charge on any atom is 0.221 e. The van der Waals surface area contributed by atoms with Gasteiger partial charge >= 0.3 is 0 Å². The zero-order valence-electron chi connectivity index (χ0n) is 6.50. The van der Waals surface area contributed by atoms with Gasteiger partial charge in [0.1, 0.15) is 10.7 Å². The Hall–Kier alpha value is -0.800. The molecule has 0 N–H and O–H groups in total. The van der Waals surface area contributed by atoms with Gasteiger partial charge in [0, 0.05) is 5.56 Å². The van der Waals surface area contributed by atoms with E-state index in [1.54, 1.807) is 0 Å². The van der Waals surface area contributed by atoms with Crippen molar-refractivity contribution in [2.45, 2.75) is 0 Å². The van der Waals surface area contributed by atoms with Gasteiger partial charge in [-0.1, -0.05) is 47.1 Å². The van der Waals surface area contributed by atoms with Crippen molar-refractivity contribution >= 4 is 27.5 Å². The highest BCUT2D eigenvalue weighted by molar-refractivity contribution is 9.10. The van der Waals surface area contributed by atoms with E-state index in [-0.39, 0.29) is 0 Å². The lowest BCUT2D eigenvalue weighted by atomic mass is 10.2. The van der Waals surface area contributed by atoms with E-state index in [1.165, 1.54) is 0 Å². The Morgan fingerprint density at radius 3 is 2.46 bits per heavy atom. The summed E-state index contributed by atoms with van der Waals surface area (Å²) in [6.45, 7) is 0. The van der Waals surface area contributed by atoms with Crippen LogP contribution in [-0.4, -0.2) is 5.16 Å². The van der Waals surface area contributed by atoms with E-state index in [4.69, 9.17) is 16.1 Å². The lowest BCUT2D eigenvalue weighted by Gasteiger charge is -1.93. The van der Waals surface area contributed by atoms with E-state index in [9.17, 15) is 0 Å². The number of hydrogen-bond acceptors (Lipinski definition) is 2. The van der Waals surface area contributed by atoms with Gasteiger partial charge in [-0.2, -0.15) is 0 Å². The van der Waals surface area contributed by atoms with Crippen LogP contribution >= 0.6 is 27.5 Å². The summed E-state index contributed by atoms with van der Waals surface area (Å²) in [5.74, 6) is 0. The molecule has 2 aromatic rings. The van der Waals surface area contributed by atoms with Gasteiger partial charge in [0.05, 0.1) is 0 Å². The molecule has 1 aromatic heterocycles. The zero-order valence-corrected chi connectivity index (χ0v) is 8.84. The van der Waals surface area contributed by atoms with E-state index in [1.807, 2.05) is 30.3 Å². The maximum absolute atomic E-state index is 5.94. The maximum atomic E-state index is 5.94. The van der Waals surface area contributed by atoms with Crippen LogP contribution in [0.3, 0.4) is 0 Å². The molecule has 2 nitrogen and oxygen atoms in total. The summed E-state index contributed by atoms with van der Waals surface area (Å²) in [6.07, 6.45) is 0. The first-order valence-electron chi connectivity index (χ1n) is 3.65. The largest absolute Gasteiger partial charge is 0.347 e. The predicted octanol–water partition coefficient (Wildman–Crippen LogP) is 3.76. The van der Waals surface area contributed by atoms with Crippen molar-refractivity contribution in [2.75, 3.05) is 0 Å². The van der Waals surface area contributed by atoms with E-state index < -0.39 is 0 Å². The van der Waals surface area contributed by atoms with Crippen LogP contribution in [0.1, 0.15) is 0 Å². The topological polar surface area (TPSA) is 26.0 Å². The molecule has 0 aliphatic carbocycles. The summed E-state index contributed by atoms with van der Waals surface area (Å²) < 4.78 is 5.35. The Labute approximate surface area is 88.6 Å². The Morgan fingerprint density at radius 1 is 1.23 bits per heavy atom. The molecule has 0 unspecified atom stereocenters. The smallest absolute Gasteiger partial charge is 0.221 e. The van der Waals surface area contributed by atoms with Gasteiger partial charge in [-0.05, 0) is 15.9 Å². The van der Waals surface area contributed by atoms with Crippen molar-refractivity contribution in [3.8, 4) is 11.3 Å². The second-order valence-corrected chi connectivity index (χ2v) is 3.58. The van der Waals surface area contributed by atoms with Crippen molar-refractivity contribution in [1.29, 1.82) is 0 Å². The van der Waals surface area contributed by atoms with Crippen LogP contribution in [0.15, 0.2) is 39.5 Å². The number of halogens is 2. The van der Waals surface area contributed by atoms with Crippen molar-refractivity contribution < 1.29 is 4.52 Å². The highest BCUT2D eigenvalue weighted by Crippen LogP contribution is 2.32. The first-order valence-corrected chi connectivity index (χ1v) is 4.82. The summed E-state index contributed by atoms with van der Waals surface area (Å²) in [7, 11) is 0. The molecule has 1 heterocycles. The van der Waals surface area contributed by atoms with Gasteiger partial charge in [-0.15, -0.1) is 0 Å². The van der Waals surface area contributed by atoms with Crippen LogP contribution in [0.4, 0.5) is 0 Å². The molecule has 0 aliphatic heterocycles. The monoisotopic (exact) mass is 257 g/mol. The Bertz CT molecular complexity index is 413. The third-order valence-electron chi connectivity index (χ3n) is 1.64. The SMILES string of the molecule is Clc1c(-c2ccccc2)noc1Br. The van der Waals surface area contributed by atoms with E-state index in [0.717, 1.165) is 5.56 Å². The molecule has 0 bridgehead atoms. The van der Waals surface area contributed by atoms with Crippen molar-refractivity contribution in [1.82, 2.24) is 5.16 Å². The van der Waals surface area contributed by atoms with Gasteiger partial charge in [-0.25, -0.2) is 0 Å². The summed E-state index contributed by atoms with van der Waals surface area (Å²) >= 11 is 9.09. The van der Waals surface area contributed by atoms with Crippen molar-refractivity contribution in [3.63, 3.8) is 0 Å². The van der Waals surface area contributed by atoms with E-state index in [2.05, 4.69) is 21.1 Å². The lowest BCUT2D eigenvalue weighted by Crippen LogP contribution is -1.75. The molecule has 1 aromatic carbocycles. The average Bonchev–Trinajstić information content (AvgIpc) is 2.49. The Kier molecular flexibility index (Phi) is 2.38. The van der Waals surface area contributed by atoms with Gasteiger partial charge in [0.25, 0.3) is 0 Å². The summed E-state index contributed by atoms with van der Waals surface area (Å²) in [4.78, 5) is 0. The number of benzene rings is 1. The highest BCUT2D eigenvalue weighted by Gasteiger charge is 2.12. The number of nitrogens with zero attached hydrogens (tertiary/aromatic N) is 1. The van der Waals surface area contributed by atoms with Gasteiger partial charge < -0.3 is 4.52 Å². The third kappa shape index (κ3) is 1.62. The average molecular weight is 259 g/mol. The van der Waals surface area contributed by atoms with Gasteiger partial charge in [0.2, 0.25) is 4.67 Å². The summed E-state index contributed by atoms with van der Waals surface area (Å²) in [5.41, 5.74) is 1.61. The molecule has 66 valence electrons. The van der Waals surface area contributed by atoms with Crippen LogP contribution in [-0.2, 0) is 0 Å². The molecule has 0 fully saturated rings. The molecule has 0 spiro atoms. The Balaban J connectivity index is 2.53. The van der Waals surface area contributed by atoms with Crippen LogP contribution in [0.25, 0.3) is 11.3 Å². The normalized spacial score (nSPS) is 10.3. The second kappa shape index (κ2) is 3.52. The second-order valence-electron chi connectivity index (χ2n) is 2.48. The highest BCUT2D eigenvalue weighted by atomic mass is 79.9. The minimum Gasteiger partial charge on any atom is -0.347 e. The number of rotatable bonds is 1. The first-order chi connectivity index (χ1) is 6.29. The predicted molar refractivity (Wildman–Crippen MR) is 54.6 cm³/mol. The van der Waals surface area contributed by atoms with E-state index >= 15 is 0 Å².